The quantitative estimate of drug-likeness (QED) is 0.733. The van der Waals surface area contributed by atoms with Crippen LogP contribution in [0.3, 0.4) is 0 Å². The van der Waals surface area contributed by atoms with Gasteiger partial charge < -0.3 is 5.11 Å². The monoisotopic (exact) mass is 253 g/mol. The molecule has 0 saturated carbocycles. The predicted octanol–water partition coefficient (Wildman–Crippen LogP) is 1.93. The van der Waals surface area contributed by atoms with Crippen molar-refractivity contribution < 1.29 is 5.11 Å². The number of aromatic nitrogens is 3. The Labute approximate surface area is 108 Å². The van der Waals surface area contributed by atoms with Gasteiger partial charge in [0.1, 0.15) is 5.75 Å². The van der Waals surface area contributed by atoms with E-state index in [1.54, 1.807) is 24.5 Å². The maximum absolute atomic E-state index is 11.9. The Hall–Kier alpha value is -2.82. The van der Waals surface area contributed by atoms with Crippen LogP contribution in [-0.2, 0) is 0 Å². The average Bonchev–Trinajstić information content (AvgIpc) is 2.83. The molecule has 0 atom stereocenters. The van der Waals surface area contributed by atoms with Crippen LogP contribution >= 0.6 is 0 Å². The van der Waals surface area contributed by atoms with Gasteiger partial charge in [-0.1, -0.05) is 0 Å². The van der Waals surface area contributed by atoms with E-state index in [4.69, 9.17) is 0 Å². The molecule has 1 aromatic carbocycles. The highest BCUT2D eigenvalue weighted by Crippen LogP contribution is 2.16. The third-order valence-electron chi connectivity index (χ3n) is 2.80. The van der Waals surface area contributed by atoms with Crippen molar-refractivity contribution in [2.45, 2.75) is 0 Å². The normalized spacial score (nSPS) is 10.5. The fraction of sp³-hybridized carbons (Fsp3) is 0. The fourth-order valence-corrected chi connectivity index (χ4v) is 1.86. The van der Waals surface area contributed by atoms with Crippen LogP contribution in [0.25, 0.3) is 16.9 Å². The second kappa shape index (κ2) is 4.45. The van der Waals surface area contributed by atoms with Crippen molar-refractivity contribution >= 4 is 0 Å². The number of phenols is 1. The minimum atomic E-state index is -0.162. The van der Waals surface area contributed by atoms with E-state index in [1.807, 2.05) is 12.1 Å². The molecule has 0 bridgehead atoms. The van der Waals surface area contributed by atoms with Crippen LogP contribution in [0, 0.1) is 0 Å². The predicted molar refractivity (Wildman–Crippen MR) is 71.3 cm³/mol. The van der Waals surface area contributed by atoms with Crippen LogP contribution < -0.4 is 5.56 Å². The summed E-state index contributed by atoms with van der Waals surface area (Å²) in [6, 6.07) is 11.6. The molecule has 0 unspecified atom stereocenters. The molecular weight excluding hydrogens is 242 g/mol. The number of nitrogens with zero attached hydrogens (tertiary/aromatic N) is 2. The number of rotatable bonds is 2. The minimum Gasteiger partial charge on any atom is -0.508 e. The number of hydrogen-bond acceptors (Lipinski definition) is 3. The summed E-state index contributed by atoms with van der Waals surface area (Å²) in [6.07, 6.45) is 3.37. The zero-order valence-corrected chi connectivity index (χ0v) is 9.95. The maximum atomic E-state index is 11.9. The van der Waals surface area contributed by atoms with Crippen molar-refractivity contribution in [3.8, 4) is 22.7 Å². The van der Waals surface area contributed by atoms with E-state index >= 15 is 0 Å². The van der Waals surface area contributed by atoms with Gasteiger partial charge in [-0.25, -0.2) is 4.68 Å². The van der Waals surface area contributed by atoms with Gasteiger partial charge in [0.2, 0.25) is 0 Å². The first-order valence-corrected chi connectivity index (χ1v) is 5.76. The van der Waals surface area contributed by atoms with E-state index < -0.39 is 0 Å². The number of benzene rings is 1. The van der Waals surface area contributed by atoms with Gasteiger partial charge in [-0.3, -0.25) is 14.9 Å². The first-order valence-electron chi connectivity index (χ1n) is 5.76. The second-order valence-corrected chi connectivity index (χ2v) is 4.10. The van der Waals surface area contributed by atoms with Gasteiger partial charge in [-0.15, -0.1) is 0 Å². The Morgan fingerprint density at radius 2 is 1.95 bits per heavy atom. The lowest BCUT2D eigenvalue weighted by molar-refractivity contribution is 0.475. The molecule has 0 aliphatic carbocycles. The molecule has 19 heavy (non-hydrogen) atoms. The minimum absolute atomic E-state index is 0.162. The molecule has 5 nitrogen and oxygen atoms in total. The second-order valence-electron chi connectivity index (χ2n) is 4.10. The Kier molecular flexibility index (Phi) is 2.64. The first-order chi connectivity index (χ1) is 9.24. The van der Waals surface area contributed by atoms with Crippen molar-refractivity contribution in [1.29, 1.82) is 0 Å². The molecule has 0 fully saturated rings. The summed E-state index contributed by atoms with van der Waals surface area (Å²) in [6.45, 7) is 0. The molecule has 0 spiro atoms. The van der Waals surface area contributed by atoms with Crippen molar-refractivity contribution in [3.63, 3.8) is 0 Å². The van der Waals surface area contributed by atoms with E-state index in [0.717, 1.165) is 5.56 Å². The van der Waals surface area contributed by atoms with Gasteiger partial charge in [0.05, 0.1) is 11.4 Å². The highest BCUT2D eigenvalue weighted by atomic mass is 16.3. The van der Waals surface area contributed by atoms with Gasteiger partial charge in [0.25, 0.3) is 5.56 Å². The summed E-state index contributed by atoms with van der Waals surface area (Å²) in [4.78, 5) is 16.0. The van der Waals surface area contributed by atoms with Crippen molar-refractivity contribution in [2.75, 3.05) is 0 Å². The molecule has 5 heteroatoms. The van der Waals surface area contributed by atoms with Crippen LogP contribution in [0.2, 0.25) is 0 Å². The summed E-state index contributed by atoms with van der Waals surface area (Å²) < 4.78 is 1.42. The highest BCUT2D eigenvalue weighted by Gasteiger charge is 2.06. The van der Waals surface area contributed by atoms with E-state index in [2.05, 4.69) is 10.1 Å². The molecule has 0 amide bonds. The standard InChI is InChI=1S/C14H11N3O2/c18-12-5-3-11(4-6-12)17-14(19)8-13(16-17)10-2-1-7-15-9-10/h1-9,16,18H. The van der Waals surface area contributed by atoms with Gasteiger partial charge in [0, 0.05) is 24.0 Å². The van der Waals surface area contributed by atoms with Gasteiger partial charge in [0.15, 0.2) is 0 Å². The molecule has 0 aliphatic heterocycles. The number of phenolic OH excluding ortho intramolecular Hbond substituents is 1. The SMILES string of the molecule is O=c1cc(-c2cccnc2)[nH]n1-c1ccc(O)cc1. The summed E-state index contributed by atoms with van der Waals surface area (Å²) >= 11 is 0. The molecule has 3 aromatic rings. The molecular formula is C14H11N3O2. The third-order valence-corrected chi connectivity index (χ3v) is 2.80. The number of pyridine rings is 1. The van der Waals surface area contributed by atoms with E-state index in [1.165, 1.54) is 22.9 Å². The summed E-state index contributed by atoms with van der Waals surface area (Å²) in [5, 5.41) is 12.3. The van der Waals surface area contributed by atoms with Gasteiger partial charge in [-0.2, -0.15) is 0 Å². The Morgan fingerprint density at radius 3 is 2.63 bits per heavy atom. The highest BCUT2D eigenvalue weighted by molar-refractivity contribution is 5.57. The van der Waals surface area contributed by atoms with Crippen LogP contribution in [0.15, 0.2) is 59.7 Å². The third kappa shape index (κ3) is 2.13. The van der Waals surface area contributed by atoms with Crippen molar-refractivity contribution in [2.24, 2.45) is 0 Å². The lowest BCUT2D eigenvalue weighted by Gasteiger charge is -2.02. The molecule has 2 heterocycles. The lowest BCUT2D eigenvalue weighted by Crippen LogP contribution is -2.12. The van der Waals surface area contributed by atoms with Crippen LogP contribution in [-0.4, -0.2) is 19.9 Å². The molecule has 0 saturated heterocycles. The van der Waals surface area contributed by atoms with E-state index in [0.29, 0.717) is 11.4 Å². The molecule has 2 aromatic heterocycles. The summed E-state index contributed by atoms with van der Waals surface area (Å²) in [7, 11) is 0. The van der Waals surface area contributed by atoms with Crippen LogP contribution in [0.5, 0.6) is 5.75 Å². The number of nitrogens with one attached hydrogen (secondary N) is 1. The molecule has 3 rings (SSSR count). The fourth-order valence-electron chi connectivity index (χ4n) is 1.86. The van der Waals surface area contributed by atoms with E-state index in [-0.39, 0.29) is 11.3 Å². The average molecular weight is 253 g/mol. The molecule has 2 N–H and O–H groups in total. The number of hydrogen-bond donors (Lipinski definition) is 2. The number of aromatic amines is 1. The Morgan fingerprint density at radius 1 is 1.16 bits per heavy atom. The Balaban J connectivity index is 2.08. The number of H-pyrrole nitrogens is 1. The zero-order valence-electron chi connectivity index (χ0n) is 9.95. The summed E-state index contributed by atoms with van der Waals surface area (Å²) in [5.74, 6) is 0.163. The topological polar surface area (TPSA) is 70.9 Å². The lowest BCUT2D eigenvalue weighted by atomic mass is 10.2. The molecule has 0 radical (unpaired) electrons. The van der Waals surface area contributed by atoms with Crippen molar-refractivity contribution in [3.05, 3.63) is 65.2 Å². The van der Waals surface area contributed by atoms with Crippen LogP contribution in [0.1, 0.15) is 0 Å². The maximum Gasteiger partial charge on any atom is 0.271 e. The Bertz CT molecular complexity index is 742. The van der Waals surface area contributed by atoms with Crippen molar-refractivity contribution in [1.82, 2.24) is 14.8 Å². The molecule has 0 aliphatic rings. The smallest absolute Gasteiger partial charge is 0.271 e. The zero-order chi connectivity index (χ0) is 13.2. The number of aromatic hydroxyl groups is 1. The molecule has 94 valence electrons. The summed E-state index contributed by atoms with van der Waals surface area (Å²) in [5.41, 5.74) is 2.05. The van der Waals surface area contributed by atoms with E-state index in [9.17, 15) is 9.90 Å². The van der Waals surface area contributed by atoms with Crippen LogP contribution in [0.4, 0.5) is 0 Å². The first kappa shape index (κ1) is 11.3. The largest absolute Gasteiger partial charge is 0.508 e. The van der Waals surface area contributed by atoms with Gasteiger partial charge in [-0.05, 0) is 36.4 Å². The van der Waals surface area contributed by atoms with Gasteiger partial charge >= 0.3 is 0 Å².